The van der Waals surface area contributed by atoms with Crippen molar-refractivity contribution < 1.29 is 13.2 Å². The van der Waals surface area contributed by atoms with Crippen LogP contribution in [0, 0.1) is 0 Å². The highest BCUT2D eigenvalue weighted by atomic mass is 19.4. The smallest absolute Gasteiger partial charge is 0.393 e. The van der Waals surface area contributed by atoms with Gasteiger partial charge in [0.25, 0.3) is 0 Å². The zero-order chi connectivity index (χ0) is 10.8. The average molecular weight is 204 g/mol. The second-order valence-corrected chi connectivity index (χ2v) is 2.96. The number of hydrogen-bond donors (Lipinski definition) is 2. The maximum atomic E-state index is 12.0. The molecule has 0 atom stereocenters. The predicted molar refractivity (Wildman–Crippen MR) is 50.2 cm³/mol. The van der Waals surface area contributed by atoms with Gasteiger partial charge in [-0.3, -0.25) is 0 Å². The van der Waals surface area contributed by atoms with Crippen molar-refractivity contribution in [3.8, 4) is 0 Å². The van der Waals surface area contributed by atoms with Gasteiger partial charge in [0.05, 0.1) is 17.8 Å². The lowest BCUT2D eigenvalue weighted by Crippen LogP contribution is -2.11. The van der Waals surface area contributed by atoms with Crippen molar-refractivity contribution >= 4 is 11.4 Å². The van der Waals surface area contributed by atoms with E-state index in [1.165, 1.54) is 18.2 Å². The minimum Gasteiger partial charge on any atom is -0.397 e. The Morgan fingerprint density at radius 3 is 2.50 bits per heavy atom. The highest BCUT2D eigenvalue weighted by Crippen LogP contribution is 2.25. The fourth-order valence-electron chi connectivity index (χ4n) is 1.16. The van der Waals surface area contributed by atoms with Crippen LogP contribution in [0.1, 0.15) is 5.56 Å². The number of halogens is 3. The molecule has 5 heteroatoms. The molecule has 0 bridgehead atoms. The summed E-state index contributed by atoms with van der Waals surface area (Å²) in [6, 6.07) is 4.25. The highest BCUT2D eigenvalue weighted by Gasteiger charge is 2.27. The first kappa shape index (κ1) is 10.7. The molecule has 1 rings (SSSR count). The van der Waals surface area contributed by atoms with E-state index in [0.29, 0.717) is 11.4 Å². The Bertz CT molecular complexity index is 320. The molecule has 0 saturated carbocycles. The van der Waals surface area contributed by atoms with E-state index in [-0.39, 0.29) is 5.56 Å². The van der Waals surface area contributed by atoms with Gasteiger partial charge in [-0.2, -0.15) is 13.2 Å². The van der Waals surface area contributed by atoms with Gasteiger partial charge in [0.2, 0.25) is 0 Å². The summed E-state index contributed by atoms with van der Waals surface area (Å²) in [5.74, 6) is 0. The fraction of sp³-hybridized carbons (Fsp3) is 0.333. The normalized spacial score (nSPS) is 11.4. The molecule has 0 unspecified atom stereocenters. The van der Waals surface area contributed by atoms with Crippen molar-refractivity contribution in [2.24, 2.45) is 0 Å². The van der Waals surface area contributed by atoms with E-state index in [1.54, 1.807) is 7.05 Å². The third-order valence-corrected chi connectivity index (χ3v) is 1.79. The molecule has 0 amide bonds. The summed E-state index contributed by atoms with van der Waals surface area (Å²) >= 11 is 0. The van der Waals surface area contributed by atoms with Crippen molar-refractivity contribution in [3.05, 3.63) is 23.8 Å². The predicted octanol–water partition coefficient (Wildman–Crippen LogP) is 2.42. The molecule has 0 aliphatic carbocycles. The van der Waals surface area contributed by atoms with Crippen molar-refractivity contribution in [2.75, 3.05) is 18.1 Å². The van der Waals surface area contributed by atoms with Gasteiger partial charge in [0, 0.05) is 7.05 Å². The van der Waals surface area contributed by atoms with Crippen molar-refractivity contribution in [1.29, 1.82) is 0 Å². The Kier molecular flexibility index (Phi) is 2.88. The number of benzene rings is 1. The van der Waals surface area contributed by atoms with E-state index in [0.717, 1.165) is 0 Å². The summed E-state index contributed by atoms with van der Waals surface area (Å²) in [5.41, 5.74) is 6.69. The van der Waals surface area contributed by atoms with Crippen LogP contribution in [0.4, 0.5) is 24.5 Å². The van der Waals surface area contributed by atoms with Gasteiger partial charge in [-0.25, -0.2) is 0 Å². The molecule has 0 aliphatic rings. The third kappa shape index (κ3) is 2.83. The molecule has 3 N–H and O–H groups in total. The van der Waals surface area contributed by atoms with Crippen LogP contribution in [0.25, 0.3) is 0 Å². The second-order valence-electron chi connectivity index (χ2n) is 2.96. The first-order valence-corrected chi connectivity index (χ1v) is 4.05. The Balaban J connectivity index is 2.90. The number of rotatable bonds is 2. The van der Waals surface area contributed by atoms with Gasteiger partial charge in [0.15, 0.2) is 0 Å². The number of hydrogen-bond acceptors (Lipinski definition) is 2. The van der Waals surface area contributed by atoms with E-state index in [2.05, 4.69) is 5.32 Å². The summed E-state index contributed by atoms with van der Waals surface area (Å²) in [4.78, 5) is 0. The number of anilines is 2. The summed E-state index contributed by atoms with van der Waals surface area (Å²) in [7, 11) is 1.61. The lowest BCUT2D eigenvalue weighted by atomic mass is 10.1. The summed E-state index contributed by atoms with van der Waals surface area (Å²) in [6.45, 7) is 0. The molecule has 0 aromatic heterocycles. The summed E-state index contributed by atoms with van der Waals surface area (Å²) in [6.07, 6.45) is -5.11. The van der Waals surface area contributed by atoms with Crippen molar-refractivity contribution in [2.45, 2.75) is 12.6 Å². The number of nitrogen functional groups attached to an aromatic ring is 1. The number of alkyl halides is 3. The highest BCUT2D eigenvalue weighted by molar-refractivity contribution is 5.66. The van der Waals surface area contributed by atoms with Crippen LogP contribution in [0.3, 0.4) is 0 Å². The van der Waals surface area contributed by atoms with Gasteiger partial charge < -0.3 is 11.1 Å². The standard InChI is InChI=1S/C9H11F3N2/c1-14-8-4-6(2-3-7(8)13)5-9(10,11)12/h2-4,14H,5,13H2,1H3. The van der Waals surface area contributed by atoms with Crippen LogP contribution in [0.5, 0.6) is 0 Å². The largest absolute Gasteiger partial charge is 0.397 e. The van der Waals surface area contributed by atoms with Crippen LogP contribution in [0.15, 0.2) is 18.2 Å². The fourth-order valence-corrected chi connectivity index (χ4v) is 1.16. The molecule has 0 radical (unpaired) electrons. The topological polar surface area (TPSA) is 38.0 Å². The summed E-state index contributed by atoms with van der Waals surface area (Å²) in [5, 5.41) is 2.73. The van der Waals surface area contributed by atoms with Gasteiger partial charge in [-0.05, 0) is 17.7 Å². The molecule has 0 saturated heterocycles. The minimum atomic E-state index is -4.18. The molecule has 0 heterocycles. The van der Waals surface area contributed by atoms with Gasteiger partial charge >= 0.3 is 6.18 Å². The maximum absolute atomic E-state index is 12.0. The van der Waals surface area contributed by atoms with Crippen LogP contribution < -0.4 is 11.1 Å². The van der Waals surface area contributed by atoms with Crippen LogP contribution >= 0.6 is 0 Å². The van der Waals surface area contributed by atoms with Crippen LogP contribution in [-0.2, 0) is 6.42 Å². The van der Waals surface area contributed by atoms with E-state index >= 15 is 0 Å². The van der Waals surface area contributed by atoms with Crippen LogP contribution in [-0.4, -0.2) is 13.2 Å². The third-order valence-electron chi connectivity index (χ3n) is 1.79. The first-order chi connectivity index (χ1) is 6.42. The molecular weight excluding hydrogens is 193 g/mol. The molecule has 0 aliphatic heterocycles. The minimum absolute atomic E-state index is 0.205. The average Bonchev–Trinajstić information content (AvgIpc) is 2.06. The Morgan fingerprint density at radius 2 is 2.00 bits per heavy atom. The molecule has 14 heavy (non-hydrogen) atoms. The monoisotopic (exact) mass is 204 g/mol. The Hall–Kier alpha value is -1.39. The molecule has 0 fully saturated rings. The molecule has 1 aromatic carbocycles. The van der Waals surface area contributed by atoms with Crippen molar-refractivity contribution in [3.63, 3.8) is 0 Å². The zero-order valence-electron chi connectivity index (χ0n) is 7.65. The van der Waals surface area contributed by atoms with E-state index < -0.39 is 12.6 Å². The van der Waals surface area contributed by atoms with E-state index in [9.17, 15) is 13.2 Å². The lowest BCUT2D eigenvalue weighted by Gasteiger charge is -2.09. The maximum Gasteiger partial charge on any atom is 0.393 e. The van der Waals surface area contributed by atoms with Gasteiger partial charge in [0.1, 0.15) is 0 Å². The molecule has 0 spiro atoms. The number of nitrogens with one attached hydrogen (secondary N) is 1. The van der Waals surface area contributed by atoms with Crippen molar-refractivity contribution in [1.82, 2.24) is 0 Å². The SMILES string of the molecule is CNc1cc(CC(F)(F)F)ccc1N. The molecule has 2 nitrogen and oxygen atoms in total. The second kappa shape index (κ2) is 3.77. The molecular formula is C9H11F3N2. The molecule has 78 valence electrons. The quantitative estimate of drug-likeness (QED) is 0.726. The van der Waals surface area contributed by atoms with Gasteiger partial charge in [-0.15, -0.1) is 0 Å². The molecule has 1 aromatic rings. The van der Waals surface area contributed by atoms with Gasteiger partial charge in [-0.1, -0.05) is 6.07 Å². The van der Waals surface area contributed by atoms with Crippen LogP contribution in [0.2, 0.25) is 0 Å². The number of nitrogens with two attached hydrogens (primary N) is 1. The summed E-state index contributed by atoms with van der Waals surface area (Å²) < 4.78 is 36.1. The Morgan fingerprint density at radius 1 is 1.36 bits per heavy atom. The zero-order valence-corrected chi connectivity index (χ0v) is 7.65. The lowest BCUT2D eigenvalue weighted by molar-refractivity contribution is -0.127. The Labute approximate surface area is 79.9 Å². The first-order valence-electron chi connectivity index (χ1n) is 4.05. The van der Waals surface area contributed by atoms with E-state index in [4.69, 9.17) is 5.73 Å². The van der Waals surface area contributed by atoms with E-state index in [1.807, 2.05) is 0 Å².